The van der Waals surface area contributed by atoms with Crippen molar-refractivity contribution in [3.63, 3.8) is 0 Å². The van der Waals surface area contributed by atoms with Crippen molar-refractivity contribution in [1.29, 1.82) is 0 Å². The van der Waals surface area contributed by atoms with Gasteiger partial charge in [0.15, 0.2) is 0 Å². The lowest BCUT2D eigenvalue weighted by molar-refractivity contribution is -0.118. The zero-order valence-corrected chi connectivity index (χ0v) is 17.5. The number of amides is 1. The number of hydrogen-bond donors (Lipinski definition) is 1. The number of para-hydroxylation sites is 1. The van der Waals surface area contributed by atoms with E-state index in [2.05, 4.69) is 32.0 Å². The van der Waals surface area contributed by atoms with E-state index < -0.39 is 0 Å². The standard InChI is InChI=1S/C19H25N7OS/c1-13-7-5-8-14(2)18(13)26-19(21-23-24-26)28-12-17(27)20-9-6-10-25-16(4)11-15(3)22-25/h5,7-8,11H,6,9-10,12H2,1-4H3,(H,20,27). The van der Waals surface area contributed by atoms with E-state index in [1.807, 2.05) is 50.6 Å². The number of aryl methyl sites for hydroxylation is 5. The molecular formula is C19H25N7OS. The molecule has 0 radical (unpaired) electrons. The zero-order valence-electron chi connectivity index (χ0n) is 16.6. The van der Waals surface area contributed by atoms with Gasteiger partial charge in [0.2, 0.25) is 11.1 Å². The van der Waals surface area contributed by atoms with Gasteiger partial charge in [0.25, 0.3) is 0 Å². The molecule has 1 amide bonds. The minimum absolute atomic E-state index is 0.0329. The van der Waals surface area contributed by atoms with E-state index in [0.29, 0.717) is 11.7 Å². The highest BCUT2D eigenvalue weighted by Crippen LogP contribution is 2.23. The summed E-state index contributed by atoms with van der Waals surface area (Å²) in [6, 6.07) is 8.10. The first-order valence-electron chi connectivity index (χ1n) is 9.21. The van der Waals surface area contributed by atoms with E-state index in [0.717, 1.165) is 41.2 Å². The Labute approximate surface area is 168 Å². The number of nitrogens with zero attached hydrogens (tertiary/aromatic N) is 6. The summed E-state index contributed by atoms with van der Waals surface area (Å²) in [5, 5.41) is 19.9. The molecule has 0 aliphatic heterocycles. The minimum atomic E-state index is -0.0329. The van der Waals surface area contributed by atoms with E-state index >= 15 is 0 Å². The van der Waals surface area contributed by atoms with E-state index in [1.165, 1.54) is 11.8 Å². The Morgan fingerprint density at radius 3 is 2.61 bits per heavy atom. The second-order valence-electron chi connectivity index (χ2n) is 6.76. The maximum Gasteiger partial charge on any atom is 0.230 e. The summed E-state index contributed by atoms with van der Waals surface area (Å²) in [4.78, 5) is 12.2. The van der Waals surface area contributed by atoms with Crippen LogP contribution in [0, 0.1) is 27.7 Å². The van der Waals surface area contributed by atoms with Crippen LogP contribution in [0.4, 0.5) is 0 Å². The molecule has 0 atom stereocenters. The van der Waals surface area contributed by atoms with Gasteiger partial charge in [0.05, 0.1) is 17.1 Å². The van der Waals surface area contributed by atoms with E-state index in [1.54, 1.807) is 4.68 Å². The highest BCUT2D eigenvalue weighted by Gasteiger charge is 2.14. The molecule has 2 aromatic heterocycles. The second kappa shape index (κ2) is 9.01. The third-order valence-electron chi connectivity index (χ3n) is 4.40. The molecular weight excluding hydrogens is 374 g/mol. The lowest BCUT2D eigenvalue weighted by Crippen LogP contribution is -2.27. The Bertz CT molecular complexity index is 943. The second-order valence-corrected chi connectivity index (χ2v) is 7.70. The highest BCUT2D eigenvalue weighted by atomic mass is 32.2. The van der Waals surface area contributed by atoms with Crippen LogP contribution in [0.15, 0.2) is 29.4 Å². The Hall–Kier alpha value is -2.68. The van der Waals surface area contributed by atoms with E-state index in [9.17, 15) is 4.79 Å². The number of carbonyl (C=O) groups excluding carboxylic acids is 1. The van der Waals surface area contributed by atoms with Crippen LogP contribution in [-0.2, 0) is 11.3 Å². The molecule has 0 fully saturated rings. The summed E-state index contributed by atoms with van der Waals surface area (Å²) < 4.78 is 3.67. The Kier molecular flexibility index (Phi) is 6.45. The number of hydrogen-bond acceptors (Lipinski definition) is 6. The molecule has 0 bridgehead atoms. The fourth-order valence-electron chi connectivity index (χ4n) is 3.09. The first-order valence-corrected chi connectivity index (χ1v) is 10.2. The number of nitrogens with one attached hydrogen (secondary N) is 1. The summed E-state index contributed by atoms with van der Waals surface area (Å²) in [5.74, 6) is 0.236. The summed E-state index contributed by atoms with van der Waals surface area (Å²) >= 11 is 1.33. The monoisotopic (exact) mass is 399 g/mol. The van der Waals surface area contributed by atoms with Crippen LogP contribution in [0.2, 0.25) is 0 Å². The maximum absolute atomic E-state index is 12.2. The van der Waals surface area contributed by atoms with Gasteiger partial charge in [0, 0.05) is 18.8 Å². The minimum Gasteiger partial charge on any atom is -0.355 e. The molecule has 1 aromatic carbocycles. The highest BCUT2D eigenvalue weighted by molar-refractivity contribution is 7.99. The lowest BCUT2D eigenvalue weighted by atomic mass is 10.1. The predicted octanol–water partition coefficient (Wildman–Crippen LogP) is 2.39. The molecule has 148 valence electrons. The first-order chi connectivity index (χ1) is 13.5. The molecule has 0 saturated carbocycles. The molecule has 0 aliphatic rings. The summed E-state index contributed by atoms with van der Waals surface area (Å²) in [5.41, 5.74) is 5.28. The van der Waals surface area contributed by atoms with Gasteiger partial charge in [-0.2, -0.15) is 9.78 Å². The summed E-state index contributed by atoms with van der Waals surface area (Å²) in [7, 11) is 0. The molecule has 0 unspecified atom stereocenters. The van der Waals surface area contributed by atoms with Gasteiger partial charge >= 0.3 is 0 Å². The van der Waals surface area contributed by atoms with Crippen molar-refractivity contribution in [3.05, 3.63) is 46.8 Å². The number of benzene rings is 1. The Balaban J connectivity index is 1.49. The van der Waals surface area contributed by atoms with Crippen LogP contribution < -0.4 is 5.32 Å². The molecule has 2 heterocycles. The molecule has 0 spiro atoms. The van der Waals surface area contributed by atoms with Crippen LogP contribution in [0.25, 0.3) is 5.69 Å². The van der Waals surface area contributed by atoms with Crippen LogP contribution in [-0.4, -0.2) is 48.2 Å². The maximum atomic E-state index is 12.2. The van der Waals surface area contributed by atoms with Gasteiger partial charge in [-0.1, -0.05) is 30.0 Å². The fraction of sp³-hybridized carbons (Fsp3) is 0.421. The molecule has 8 nitrogen and oxygen atoms in total. The van der Waals surface area contributed by atoms with Crippen molar-refractivity contribution in [2.75, 3.05) is 12.3 Å². The molecule has 0 aliphatic carbocycles. The molecule has 1 N–H and O–H groups in total. The van der Waals surface area contributed by atoms with Crippen molar-refractivity contribution in [3.8, 4) is 5.69 Å². The third kappa shape index (κ3) is 4.78. The van der Waals surface area contributed by atoms with Crippen molar-refractivity contribution in [2.45, 2.75) is 45.8 Å². The third-order valence-corrected chi connectivity index (χ3v) is 5.32. The number of tetrazole rings is 1. The van der Waals surface area contributed by atoms with Gasteiger partial charge in [-0.25, -0.2) is 0 Å². The van der Waals surface area contributed by atoms with Gasteiger partial charge < -0.3 is 5.32 Å². The zero-order chi connectivity index (χ0) is 20.1. The van der Waals surface area contributed by atoms with Crippen molar-refractivity contribution in [2.24, 2.45) is 0 Å². The average Bonchev–Trinajstić information content (AvgIpc) is 3.23. The summed E-state index contributed by atoms with van der Waals surface area (Å²) in [6.07, 6.45) is 0.832. The molecule has 9 heteroatoms. The van der Waals surface area contributed by atoms with Gasteiger partial charge in [-0.05, 0) is 61.7 Å². The smallest absolute Gasteiger partial charge is 0.230 e. The number of rotatable bonds is 8. The van der Waals surface area contributed by atoms with Crippen LogP contribution in [0.1, 0.15) is 28.9 Å². The van der Waals surface area contributed by atoms with Crippen LogP contribution in [0.3, 0.4) is 0 Å². The predicted molar refractivity (Wildman–Crippen MR) is 109 cm³/mol. The molecule has 28 heavy (non-hydrogen) atoms. The topological polar surface area (TPSA) is 90.5 Å². The number of aromatic nitrogens is 6. The number of thioether (sulfide) groups is 1. The van der Waals surface area contributed by atoms with Crippen molar-refractivity contribution >= 4 is 17.7 Å². The SMILES string of the molecule is Cc1cc(C)n(CCCNC(=O)CSc2nnnn2-c2c(C)cccc2C)n1. The fourth-order valence-corrected chi connectivity index (χ4v) is 3.79. The molecule has 0 saturated heterocycles. The van der Waals surface area contributed by atoms with Gasteiger partial charge in [-0.15, -0.1) is 5.10 Å². The average molecular weight is 400 g/mol. The normalized spacial score (nSPS) is 11.0. The van der Waals surface area contributed by atoms with Crippen LogP contribution >= 0.6 is 11.8 Å². The van der Waals surface area contributed by atoms with Gasteiger partial charge in [0.1, 0.15) is 0 Å². The lowest BCUT2D eigenvalue weighted by Gasteiger charge is -2.10. The largest absolute Gasteiger partial charge is 0.355 e. The molecule has 3 aromatic rings. The van der Waals surface area contributed by atoms with Crippen molar-refractivity contribution < 1.29 is 4.79 Å². The van der Waals surface area contributed by atoms with E-state index in [-0.39, 0.29) is 11.7 Å². The van der Waals surface area contributed by atoms with Crippen LogP contribution in [0.5, 0.6) is 0 Å². The first kappa shape index (κ1) is 20.1. The summed E-state index contributed by atoms with van der Waals surface area (Å²) in [6.45, 7) is 9.46. The van der Waals surface area contributed by atoms with Crippen molar-refractivity contribution in [1.82, 2.24) is 35.3 Å². The van der Waals surface area contributed by atoms with E-state index in [4.69, 9.17) is 0 Å². The molecule has 3 rings (SSSR count). The Morgan fingerprint density at radius 1 is 1.18 bits per heavy atom. The Morgan fingerprint density at radius 2 is 1.93 bits per heavy atom. The van der Waals surface area contributed by atoms with Gasteiger partial charge in [-0.3, -0.25) is 9.48 Å². The number of carbonyl (C=O) groups is 1. The quantitative estimate of drug-likeness (QED) is 0.462.